The molecule has 1 aliphatic heterocycles. The molecule has 6 heteroatoms. The lowest BCUT2D eigenvalue weighted by Crippen LogP contribution is -2.27. The maximum Gasteiger partial charge on any atom is 0.293 e. The molecule has 1 aliphatic rings. The van der Waals surface area contributed by atoms with Gasteiger partial charge in [0, 0.05) is 11.1 Å². The number of aromatic hydroxyl groups is 1. The predicted molar refractivity (Wildman–Crippen MR) is 90.8 cm³/mol. The molecular weight excluding hydrogens is 329 g/mol. The van der Waals surface area contributed by atoms with Crippen molar-refractivity contribution in [3.8, 4) is 5.75 Å². The highest BCUT2D eigenvalue weighted by molar-refractivity contribution is 8.18. The van der Waals surface area contributed by atoms with Gasteiger partial charge in [0.2, 0.25) is 0 Å². The third kappa shape index (κ3) is 3.19. The van der Waals surface area contributed by atoms with E-state index in [-0.39, 0.29) is 22.8 Å². The molecule has 0 atom stereocenters. The first-order valence-corrected chi connectivity index (χ1v) is 8.06. The van der Waals surface area contributed by atoms with E-state index in [1.165, 1.54) is 24.3 Å². The standard InChI is InChI=1S/C18H14FNO3S/c1-11-6-7-15(21)13(8-11)9-16-17(22)20(18(23)24-16)10-12-4-2-3-5-14(12)19/h2-9,21H,10H2,1H3/b16-9-. The summed E-state index contributed by atoms with van der Waals surface area (Å²) in [6.45, 7) is 1.75. The van der Waals surface area contributed by atoms with E-state index in [1.54, 1.807) is 24.3 Å². The van der Waals surface area contributed by atoms with Gasteiger partial charge >= 0.3 is 0 Å². The molecule has 3 rings (SSSR count). The second kappa shape index (κ2) is 6.49. The number of benzene rings is 2. The second-order valence-electron chi connectivity index (χ2n) is 5.42. The van der Waals surface area contributed by atoms with Crippen LogP contribution >= 0.6 is 11.8 Å². The van der Waals surface area contributed by atoms with Crippen LogP contribution < -0.4 is 0 Å². The van der Waals surface area contributed by atoms with Gasteiger partial charge in [-0.25, -0.2) is 4.39 Å². The van der Waals surface area contributed by atoms with Gasteiger partial charge in [-0.05, 0) is 43.0 Å². The molecule has 122 valence electrons. The summed E-state index contributed by atoms with van der Waals surface area (Å²) >= 11 is 0.781. The molecule has 0 bridgehead atoms. The molecule has 0 radical (unpaired) electrons. The molecule has 4 nitrogen and oxygen atoms in total. The van der Waals surface area contributed by atoms with Gasteiger partial charge in [-0.3, -0.25) is 14.5 Å². The van der Waals surface area contributed by atoms with Crippen molar-refractivity contribution in [2.24, 2.45) is 0 Å². The number of phenols is 1. The highest BCUT2D eigenvalue weighted by Gasteiger charge is 2.35. The fourth-order valence-electron chi connectivity index (χ4n) is 2.36. The molecule has 0 aromatic heterocycles. The summed E-state index contributed by atoms with van der Waals surface area (Å²) in [6.07, 6.45) is 1.48. The summed E-state index contributed by atoms with van der Waals surface area (Å²) in [5.74, 6) is -0.924. The van der Waals surface area contributed by atoms with E-state index in [0.717, 1.165) is 22.2 Å². The Kier molecular flexibility index (Phi) is 4.40. The van der Waals surface area contributed by atoms with Crippen molar-refractivity contribution < 1.29 is 19.1 Å². The molecule has 0 aliphatic carbocycles. The summed E-state index contributed by atoms with van der Waals surface area (Å²) in [6, 6.07) is 11.0. The fraction of sp³-hybridized carbons (Fsp3) is 0.111. The Morgan fingerprint density at radius 3 is 2.71 bits per heavy atom. The van der Waals surface area contributed by atoms with E-state index in [9.17, 15) is 19.1 Å². The molecular formula is C18H14FNO3S. The largest absolute Gasteiger partial charge is 0.507 e. The first-order valence-electron chi connectivity index (χ1n) is 7.24. The maximum absolute atomic E-state index is 13.7. The third-order valence-electron chi connectivity index (χ3n) is 3.63. The van der Waals surface area contributed by atoms with Crippen molar-refractivity contribution in [2.75, 3.05) is 0 Å². The van der Waals surface area contributed by atoms with Crippen molar-refractivity contribution in [3.05, 3.63) is 69.9 Å². The number of amides is 2. The van der Waals surface area contributed by atoms with Crippen LogP contribution in [0.2, 0.25) is 0 Å². The van der Waals surface area contributed by atoms with Crippen LogP contribution in [0.1, 0.15) is 16.7 Å². The third-order valence-corrected chi connectivity index (χ3v) is 4.54. The van der Waals surface area contributed by atoms with Gasteiger partial charge < -0.3 is 5.11 Å². The van der Waals surface area contributed by atoms with Gasteiger partial charge in [0.25, 0.3) is 11.1 Å². The molecule has 1 N–H and O–H groups in total. The number of phenolic OH excluding ortho intramolecular Hbond substituents is 1. The van der Waals surface area contributed by atoms with Crippen molar-refractivity contribution >= 4 is 29.0 Å². The Morgan fingerprint density at radius 1 is 1.21 bits per heavy atom. The molecule has 2 amide bonds. The van der Waals surface area contributed by atoms with E-state index in [0.29, 0.717) is 5.56 Å². The Labute approximate surface area is 142 Å². The fourth-order valence-corrected chi connectivity index (χ4v) is 3.19. The first kappa shape index (κ1) is 16.3. The minimum Gasteiger partial charge on any atom is -0.507 e. The number of carbonyl (C=O) groups excluding carboxylic acids is 2. The van der Waals surface area contributed by atoms with Crippen LogP contribution in [0.4, 0.5) is 9.18 Å². The molecule has 2 aromatic carbocycles. The molecule has 2 aromatic rings. The van der Waals surface area contributed by atoms with Gasteiger partial charge in [-0.1, -0.05) is 29.8 Å². The molecule has 0 spiro atoms. The highest BCUT2D eigenvalue weighted by atomic mass is 32.2. The highest BCUT2D eigenvalue weighted by Crippen LogP contribution is 2.35. The Morgan fingerprint density at radius 2 is 1.96 bits per heavy atom. The van der Waals surface area contributed by atoms with Crippen LogP contribution in [0, 0.1) is 12.7 Å². The van der Waals surface area contributed by atoms with Crippen molar-refractivity contribution in [2.45, 2.75) is 13.5 Å². The van der Waals surface area contributed by atoms with Crippen LogP contribution in [-0.2, 0) is 11.3 Å². The van der Waals surface area contributed by atoms with Crippen LogP contribution in [0.5, 0.6) is 5.75 Å². The van der Waals surface area contributed by atoms with Crippen molar-refractivity contribution in [3.63, 3.8) is 0 Å². The number of rotatable bonds is 3. The lowest BCUT2D eigenvalue weighted by atomic mass is 10.1. The Bertz CT molecular complexity index is 863. The Hall–Kier alpha value is -2.60. The summed E-state index contributed by atoms with van der Waals surface area (Å²) in [4.78, 5) is 25.7. The average molecular weight is 343 g/mol. The normalized spacial score (nSPS) is 16.2. The zero-order valence-electron chi connectivity index (χ0n) is 12.8. The monoisotopic (exact) mass is 343 g/mol. The zero-order chi connectivity index (χ0) is 17.3. The summed E-state index contributed by atoms with van der Waals surface area (Å²) in [5, 5.41) is 9.41. The van der Waals surface area contributed by atoms with Crippen molar-refractivity contribution in [1.29, 1.82) is 0 Å². The number of carbonyl (C=O) groups is 2. The van der Waals surface area contributed by atoms with E-state index < -0.39 is 17.0 Å². The van der Waals surface area contributed by atoms with Gasteiger partial charge in [-0.15, -0.1) is 0 Å². The lowest BCUT2D eigenvalue weighted by molar-refractivity contribution is -0.123. The smallest absolute Gasteiger partial charge is 0.293 e. The number of nitrogens with zero attached hydrogens (tertiary/aromatic N) is 1. The van der Waals surface area contributed by atoms with Crippen LogP contribution in [0.3, 0.4) is 0 Å². The molecule has 0 saturated carbocycles. The number of thioether (sulfide) groups is 1. The number of hydrogen-bond donors (Lipinski definition) is 1. The minimum atomic E-state index is -0.492. The molecule has 1 fully saturated rings. The average Bonchev–Trinajstić information content (AvgIpc) is 2.80. The predicted octanol–water partition coefficient (Wildman–Crippen LogP) is 4.08. The first-order chi connectivity index (χ1) is 11.5. The summed E-state index contributed by atoms with van der Waals surface area (Å²) in [5.41, 5.74) is 1.66. The van der Waals surface area contributed by atoms with Gasteiger partial charge in [0.15, 0.2) is 0 Å². The van der Waals surface area contributed by atoms with E-state index >= 15 is 0 Å². The van der Waals surface area contributed by atoms with Gasteiger partial charge in [-0.2, -0.15) is 0 Å². The van der Waals surface area contributed by atoms with Crippen LogP contribution in [0.25, 0.3) is 6.08 Å². The topological polar surface area (TPSA) is 57.6 Å². The molecule has 24 heavy (non-hydrogen) atoms. The van der Waals surface area contributed by atoms with Crippen molar-refractivity contribution in [1.82, 2.24) is 4.90 Å². The van der Waals surface area contributed by atoms with E-state index in [2.05, 4.69) is 0 Å². The zero-order valence-corrected chi connectivity index (χ0v) is 13.6. The van der Waals surface area contributed by atoms with Crippen LogP contribution in [0.15, 0.2) is 47.4 Å². The quantitative estimate of drug-likeness (QED) is 0.853. The molecule has 1 heterocycles. The molecule has 1 saturated heterocycles. The summed E-state index contributed by atoms with van der Waals surface area (Å²) in [7, 11) is 0. The van der Waals surface area contributed by atoms with Gasteiger partial charge in [0.1, 0.15) is 11.6 Å². The second-order valence-corrected chi connectivity index (χ2v) is 6.41. The summed E-state index contributed by atoms with van der Waals surface area (Å²) < 4.78 is 13.7. The maximum atomic E-state index is 13.7. The van der Waals surface area contributed by atoms with E-state index in [1.807, 2.05) is 6.92 Å². The van der Waals surface area contributed by atoms with E-state index in [4.69, 9.17) is 0 Å². The SMILES string of the molecule is Cc1ccc(O)c(/C=C2\SC(=O)N(Cc3ccccc3F)C2=O)c1. The number of imide groups is 1. The Balaban J connectivity index is 1.88. The number of halogens is 1. The van der Waals surface area contributed by atoms with Crippen LogP contribution in [-0.4, -0.2) is 21.2 Å². The molecule has 0 unspecified atom stereocenters. The van der Waals surface area contributed by atoms with Gasteiger partial charge in [0.05, 0.1) is 11.4 Å². The number of aryl methyl sites for hydroxylation is 1. The lowest BCUT2D eigenvalue weighted by Gasteiger charge is -2.12. The minimum absolute atomic E-state index is 0.0292. The number of hydrogen-bond acceptors (Lipinski definition) is 4.